The Hall–Kier alpha value is -0.710. The van der Waals surface area contributed by atoms with Gasteiger partial charge in [0.15, 0.2) is 0 Å². The van der Waals surface area contributed by atoms with E-state index in [-0.39, 0.29) is 0 Å². The average molecular weight is 252 g/mol. The van der Waals surface area contributed by atoms with Gasteiger partial charge in [-0.3, -0.25) is 0 Å². The standard InChI is InChI=1S/C12H16N2S2/c1-9(2)13-5-3-11-8-16-12(14-11)10-4-6-15-7-10/h4,6-9,13H,3,5H2,1-2H3. The first-order valence-corrected chi connectivity index (χ1v) is 7.28. The lowest BCUT2D eigenvalue weighted by Gasteiger charge is -2.05. The van der Waals surface area contributed by atoms with Crippen LogP contribution in [0.3, 0.4) is 0 Å². The van der Waals surface area contributed by atoms with Gasteiger partial charge in [-0.1, -0.05) is 13.8 Å². The zero-order valence-electron chi connectivity index (χ0n) is 9.56. The zero-order valence-corrected chi connectivity index (χ0v) is 11.2. The van der Waals surface area contributed by atoms with E-state index in [2.05, 4.69) is 46.4 Å². The van der Waals surface area contributed by atoms with Gasteiger partial charge in [-0.2, -0.15) is 11.3 Å². The molecule has 0 atom stereocenters. The molecule has 2 aromatic rings. The molecule has 0 aromatic carbocycles. The van der Waals surface area contributed by atoms with Crippen LogP contribution in [-0.4, -0.2) is 17.6 Å². The Balaban J connectivity index is 1.93. The van der Waals surface area contributed by atoms with Crippen molar-refractivity contribution in [1.29, 1.82) is 0 Å². The minimum atomic E-state index is 0.551. The maximum atomic E-state index is 4.63. The Morgan fingerprint density at radius 2 is 2.25 bits per heavy atom. The molecule has 0 unspecified atom stereocenters. The molecule has 0 amide bonds. The van der Waals surface area contributed by atoms with E-state index in [1.165, 1.54) is 11.3 Å². The molecular formula is C12H16N2S2. The maximum Gasteiger partial charge on any atom is 0.124 e. The second kappa shape index (κ2) is 5.57. The quantitative estimate of drug-likeness (QED) is 0.882. The van der Waals surface area contributed by atoms with Crippen LogP contribution >= 0.6 is 22.7 Å². The minimum Gasteiger partial charge on any atom is -0.314 e. The third-order valence-corrected chi connectivity index (χ3v) is 3.88. The summed E-state index contributed by atoms with van der Waals surface area (Å²) in [6, 6.07) is 2.68. The number of aromatic nitrogens is 1. The van der Waals surface area contributed by atoms with Crippen molar-refractivity contribution in [3.8, 4) is 10.6 Å². The number of hydrogen-bond donors (Lipinski definition) is 1. The van der Waals surface area contributed by atoms with Crippen molar-refractivity contribution in [3.05, 3.63) is 27.9 Å². The van der Waals surface area contributed by atoms with E-state index < -0.39 is 0 Å². The highest BCUT2D eigenvalue weighted by atomic mass is 32.1. The van der Waals surface area contributed by atoms with Gasteiger partial charge in [-0.15, -0.1) is 11.3 Å². The number of hydrogen-bond acceptors (Lipinski definition) is 4. The van der Waals surface area contributed by atoms with Crippen LogP contribution in [0.5, 0.6) is 0 Å². The third kappa shape index (κ3) is 3.14. The molecule has 16 heavy (non-hydrogen) atoms. The predicted octanol–water partition coefficient (Wildman–Crippen LogP) is 3.41. The second-order valence-electron chi connectivity index (χ2n) is 4.01. The average Bonchev–Trinajstić information content (AvgIpc) is 2.85. The Labute approximate surface area is 104 Å². The van der Waals surface area contributed by atoms with Crippen LogP contribution in [0.1, 0.15) is 19.5 Å². The summed E-state index contributed by atoms with van der Waals surface area (Å²) in [5.74, 6) is 0. The van der Waals surface area contributed by atoms with Crippen molar-refractivity contribution in [2.45, 2.75) is 26.3 Å². The van der Waals surface area contributed by atoms with Gasteiger partial charge in [-0.05, 0) is 11.4 Å². The number of rotatable bonds is 5. The summed E-state index contributed by atoms with van der Waals surface area (Å²) < 4.78 is 0. The van der Waals surface area contributed by atoms with E-state index in [9.17, 15) is 0 Å². The summed E-state index contributed by atoms with van der Waals surface area (Å²) in [7, 11) is 0. The highest BCUT2D eigenvalue weighted by Gasteiger charge is 2.04. The highest BCUT2D eigenvalue weighted by molar-refractivity contribution is 7.14. The fraction of sp³-hybridized carbons (Fsp3) is 0.417. The van der Waals surface area contributed by atoms with Gasteiger partial charge in [0.2, 0.25) is 0 Å². The maximum absolute atomic E-state index is 4.63. The molecule has 1 N–H and O–H groups in total. The first-order chi connectivity index (χ1) is 7.75. The lowest BCUT2D eigenvalue weighted by molar-refractivity contribution is 0.588. The molecule has 2 aromatic heterocycles. The molecule has 0 bridgehead atoms. The first kappa shape index (κ1) is 11.8. The Morgan fingerprint density at radius 1 is 1.38 bits per heavy atom. The minimum absolute atomic E-state index is 0.551. The number of thiophene rings is 1. The summed E-state index contributed by atoms with van der Waals surface area (Å²) in [4.78, 5) is 4.63. The monoisotopic (exact) mass is 252 g/mol. The second-order valence-corrected chi connectivity index (χ2v) is 5.65. The molecule has 0 aliphatic rings. The molecule has 0 spiro atoms. The van der Waals surface area contributed by atoms with Crippen LogP contribution in [0.15, 0.2) is 22.2 Å². The molecule has 0 saturated heterocycles. The molecule has 0 saturated carbocycles. The molecule has 0 fully saturated rings. The first-order valence-electron chi connectivity index (χ1n) is 5.46. The highest BCUT2D eigenvalue weighted by Crippen LogP contribution is 2.25. The molecule has 2 heterocycles. The van der Waals surface area contributed by atoms with E-state index in [4.69, 9.17) is 0 Å². The van der Waals surface area contributed by atoms with E-state index in [0.29, 0.717) is 6.04 Å². The SMILES string of the molecule is CC(C)NCCc1csc(-c2ccsc2)n1. The van der Waals surface area contributed by atoms with E-state index in [1.54, 1.807) is 22.7 Å². The van der Waals surface area contributed by atoms with Crippen molar-refractivity contribution in [2.75, 3.05) is 6.54 Å². The molecule has 0 aliphatic heterocycles. The van der Waals surface area contributed by atoms with Crippen molar-refractivity contribution in [2.24, 2.45) is 0 Å². The van der Waals surface area contributed by atoms with Crippen LogP contribution in [0.25, 0.3) is 10.6 Å². The van der Waals surface area contributed by atoms with Crippen LogP contribution in [0, 0.1) is 0 Å². The summed E-state index contributed by atoms with van der Waals surface area (Å²) >= 11 is 3.45. The fourth-order valence-electron chi connectivity index (χ4n) is 1.43. The summed E-state index contributed by atoms with van der Waals surface area (Å²) in [6.45, 7) is 5.33. The fourth-order valence-corrected chi connectivity index (χ4v) is 3.00. The zero-order chi connectivity index (χ0) is 11.4. The van der Waals surface area contributed by atoms with E-state index in [0.717, 1.165) is 18.0 Å². The van der Waals surface area contributed by atoms with E-state index >= 15 is 0 Å². The molecular weight excluding hydrogens is 236 g/mol. The van der Waals surface area contributed by atoms with Gasteiger partial charge in [0.25, 0.3) is 0 Å². The van der Waals surface area contributed by atoms with Gasteiger partial charge in [-0.25, -0.2) is 4.98 Å². The lowest BCUT2D eigenvalue weighted by Crippen LogP contribution is -2.24. The van der Waals surface area contributed by atoms with Crippen LogP contribution in [0.4, 0.5) is 0 Å². The lowest BCUT2D eigenvalue weighted by atomic mass is 10.3. The predicted molar refractivity (Wildman–Crippen MR) is 72.3 cm³/mol. The third-order valence-electron chi connectivity index (χ3n) is 2.25. The van der Waals surface area contributed by atoms with Crippen molar-refractivity contribution in [3.63, 3.8) is 0 Å². The van der Waals surface area contributed by atoms with Crippen molar-refractivity contribution < 1.29 is 0 Å². The summed E-state index contributed by atoms with van der Waals surface area (Å²) in [6.07, 6.45) is 1.01. The van der Waals surface area contributed by atoms with Gasteiger partial charge in [0.1, 0.15) is 5.01 Å². The number of nitrogens with zero attached hydrogens (tertiary/aromatic N) is 1. The largest absolute Gasteiger partial charge is 0.314 e. The Bertz CT molecular complexity index is 418. The van der Waals surface area contributed by atoms with Gasteiger partial charge < -0.3 is 5.32 Å². The molecule has 0 radical (unpaired) electrons. The van der Waals surface area contributed by atoms with Crippen LogP contribution in [0.2, 0.25) is 0 Å². The Kier molecular flexibility index (Phi) is 4.09. The van der Waals surface area contributed by atoms with Crippen molar-refractivity contribution in [1.82, 2.24) is 10.3 Å². The summed E-state index contributed by atoms with van der Waals surface area (Å²) in [5, 5.41) is 10.9. The van der Waals surface area contributed by atoms with Crippen LogP contribution in [-0.2, 0) is 6.42 Å². The van der Waals surface area contributed by atoms with Crippen molar-refractivity contribution >= 4 is 22.7 Å². The molecule has 0 aliphatic carbocycles. The molecule has 4 heteroatoms. The molecule has 2 nitrogen and oxygen atoms in total. The van der Waals surface area contributed by atoms with E-state index in [1.807, 2.05) is 0 Å². The van der Waals surface area contributed by atoms with Crippen LogP contribution < -0.4 is 5.32 Å². The van der Waals surface area contributed by atoms with Gasteiger partial charge >= 0.3 is 0 Å². The number of thiazole rings is 1. The molecule has 2 rings (SSSR count). The van der Waals surface area contributed by atoms with Gasteiger partial charge in [0, 0.05) is 35.3 Å². The summed E-state index contributed by atoms with van der Waals surface area (Å²) in [5.41, 5.74) is 2.44. The normalized spacial score (nSPS) is 11.2. The van der Waals surface area contributed by atoms with Gasteiger partial charge in [0.05, 0.1) is 5.69 Å². The molecule has 86 valence electrons. The number of nitrogens with one attached hydrogen (secondary N) is 1. The smallest absolute Gasteiger partial charge is 0.124 e. The topological polar surface area (TPSA) is 24.9 Å². The Morgan fingerprint density at radius 3 is 2.94 bits per heavy atom.